The first-order chi connectivity index (χ1) is 9.02. The Bertz CT molecular complexity index is 627. The van der Waals surface area contributed by atoms with E-state index in [1.54, 1.807) is 14.0 Å². The highest BCUT2D eigenvalue weighted by atomic mass is 32.2. The first-order valence-electron chi connectivity index (χ1n) is 5.86. The molecule has 2 rings (SSSR count). The summed E-state index contributed by atoms with van der Waals surface area (Å²) in [5.41, 5.74) is 1.61. The largest absolute Gasteiger partial charge is 0.494 e. The minimum absolute atomic E-state index is 0.504. The summed E-state index contributed by atoms with van der Waals surface area (Å²) >= 11 is 1.32. The molecule has 100 valence electrons. The lowest BCUT2D eigenvalue weighted by Gasteiger charge is -2.12. The molecule has 0 radical (unpaired) electrons. The molecular formula is C14H15NO3S. The van der Waals surface area contributed by atoms with Gasteiger partial charge in [0.25, 0.3) is 0 Å². The van der Waals surface area contributed by atoms with E-state index in [4.69, 9.17) is 9.84 Å². The normalized spacial score (nSPS) is 12.4. The van der Waals surface area contributed by atoms with Crippen molar-refractivity contribution < 1.29 is 14.6 Å². The molecule has 1 N–H and O–H groups in total. The van der Waals surface area contributed by atoms with Crippen molar-refractivity contribution >= 4 is 28.6 Å². The summed E-state index contributed by atoms with van der Waals surface area (Å²) in [6.45, 7) is 3.57. The maximum atomic E-state index is 11.0. The third kappa shape index (κ3) is 2.81. The zero-order valence-corrected chi connectivity index (χ0v) is 11.8. The second kappa shape index (κ2) is 5.48. The van der Waals surface area contributed by atoms with Crippen LogP contribution in [0.3, 0.4) is 0 Å². The summed E-state index contributed by atoms with van der Waals surface area (Å²) in [7, 11) is 1.60. The van der Waals surface area contributed by atoms with E-state index in [1.165, 1.54) is 11.8 Å². The average Bonchev–Trinajstić information content (AvgIpc) is 2.37. The van der Waals surface area contributed by atoms with Crippen molar-refractivity contribution in [2.75, 3.05) is 7.11 Å². The molecular weight excluding hydrogens is 262 g/mol. The van der Waals surface area contributed by atoms with Crippen molar-refractivity contribution in [2.24, 2.45) is 0 Å². The van der Waals surface area contributed by atoms with Gasteiger partial charge in [0.2, 0.25) is 0 Å². The molecule has 0 fully saturated rings. The van der Waals surface area contributed by atoms with Gasteiger partial charge in [-0.3, -0.25) is 4.79 Å². The predicted molar refractivity (Wildman–Crippen MR) is 76.0 cm³/mol. The minimum atomic E-state index is -0.824. The summed E-state index contributed by atoms with van der Waals surface area (Å²) in [6.07, 6.45) is 0. The molecule has 0 saturated heterocycles. The van der Waals surface area contributed by atoms with E-state index in [1.807, 2.05) is 31.2 Å². The Kier molecular flexibility index (Phi) is 3.95. The van der Waals surface area contributed by atoms with E-state index < -0.39 is 11.2 Å². The van der Waals surface area contributed by atoms with Gasteiger partial charge < -0.3 is 9.84 Å². The third-order valence-corrected chi connectivity index (χ3v) is 3.91. The number of aryl methyl sites for hydroxylation is 1. The highest BCUT2D eigenvalue weighted by molar-refractivity contribution is 8.00. The standard InChI is InChI=1S/C14H15NO3S/c1-8-7-12(19-9(2)14(16)17)10-5-4-6-11(18-3)13(10)15-8/h4-7,9H,1-3H3,(H,16,17)/t9-/m0/s1. The van der Waals surface area contributed by atoms with Crippen LogP contribution in [0.25, 0.3) is 10.9 Å². The van der Waals surface area contributed by atoms with Crippen molar-refractivity contribution in [3.05, 3.63) is 30.0 Å². The van der Waals surface area contributed by atoms with E-state index in [9.17, 15) is 4.79 Å². The molecule has 1 heterocycles. The van der Waals surface area contributed by atoms with Crippen LogP contribution in [0.15, 0.2) is 29.2 Å². The minimum Gasteiger partial charge on any atom is -0.494 e. The lowest BCUT2D eigenvalue weighted by atomic mass is 10.2. The Morgan fingerprint density at radius 1 is 1.47 bits per heavy atom. The van der Waals surface area contributed by atoms with Crippen molar-refractivity contribution in [1.82, 2.24) is 4.98 Å². The number of carboxylic acids is 1. The number of hydrogen-bond donors (Lipinski definition) is 1. The topological polar surface area (TPSA) is 59.4 Å². The Balaban J connectivity index is 2.57. The monoisotopic (exact) mass is 277 g/mol. The van der Waals surface area contributed by atoms with Crippen LogP contribution in [0.2, 0.25) is 0 Å². The number of aromatic nitrogens is 1. The van der Waals surface area contributed by atoms with Crippen molar-refractivity contribution in [3.8, 4) is 5.75 Å². The molecule has 0 aliphatic heterocycles. The van der Waals surface area contributed by atoms with Crippen LogP contribution in [0.1, 0.15) is 12.6 Å². The maximum Gasteiger partial charge on any atom is 0.316 e. The van der Waals surface area contributed by atoms with E-state index in [0.29, 0.717) is 5.75 Å². The predicted octanol–water partition coefficient (Wildman–Crippen LogP) is 3.12. The molecule has 0 bridgehead atoms. The Labute approximate surface area is 115 Å². The quantitative estimate of drug-likeness (QED) is 0.870. The van der Waals surface area contributed by atoms with Gasteiger partial charge in [-0.1, -0.05) is 12.1 Å². The van der Waals surface area contributed by atoms with Crippen molar-refractivity contribution in [3.63, 3.8) is 0 Å². The number of carboxylic acid groups (broad SMARTS) is 1. The second-order valence-corrected chi connectivity index (χ2v) is 5.60. The lowest BCUT2D eigenvalue weighted by Crippen LogP contribution is -2.11. The Morgan fingerprint density at radius 2 is 2.21 bits per heavy atom. The van der Waals surface area contributed by atoms with Crippen LogP contribution < -0.4 is 4.74 Å². The number of aliphatic carboxylic acids is 1. The van der Waals surface area contributed by atoms with E-state index >= 15 is 0 Å². The van der Waals surface area contributed by atoms with Gasteiger partial charge in [-0.05, 0) is 26.0 Å². The fourth-order valence-corrected chi connectivity index (χ4v) is 2.83. The number of rotatable bonds is 4. The number of ether oxygens (including phenoxy) is 1. The van der Waals surface area contributed by atoms with E-state index in [2.05, 4.69) is 4.98 Å². The molecule has 0 amide bonds. The van der Waals surface area contributed by atoms with Gasteiger partial charge in [0.1, 0.15) is 16.5 Å². The number of nitrogens with zero attached hydrogens (tertiary/aromatic N) is 1. The van der Waals surface area contributed by atoms with Gasteiger partial charge in [0, 0.05) is 16.0 Å². The molecule has 0 saturated carbocycles. The fourth-order valence-electron chi connectivity index (χ4n) is 1.82. The first kappa shape index (κ1) is 13.7. The summed E-state index contributed by atoms with van der Waals surface area (Å²) in [6, 6.07) is 7.57. The number of carbonyl (C=O) groups is 1. The van der Waals surface area contributed by atoms with E-state index in [-0.39, 0.29) is 0 Å². The van der Waals surface area contributed by atoms with E-state index in [0.717, 1.165) is 21.5 Å². The van der Waals surface area contributed by atoms with Crippen molar-refractivity contribution in [1.29, 1.82) is 0 Å². The number of hydrogen-bond acceptors (Lipinski definition) is 4. The number of thioether (sulfide) groups is 1. The molecule has 0 unspecified atom stereocenters. The van der Waals surface area contributed by atoms with Gasteiger partial charge >= 0.3 is 5.97 Å². The Hall–Kier alpha value is -1.75. The summed E-state index contributed by atoms with van der Waals surface area (Å²) < 4.78 is 5.30. The maximum absolute atomic E-state index is 11.0. The Morgan fingerprint density at radius 3 is 2.84 bits per heavy atom. The van der Waals surface area contributed by atoms with Gasteiger partial charge in [-0.25, -0.2) is 4.98 Å². The lowest BCUT2D eigenvalue weighted by molar-refractivity contribution is -0.136. The van der Waals surface area contributed by atoms with Gasteiger partial charge in [0.05, 0.1) is 7.11 Å². The fraction of sp³-hybridized carbons (Fsp3) is 0.286. The molecule has 2 aromatic rings. The van der Waals surface area contributed by atoms with Crippen LogP contribution in [0.4, 0.5) is 0 Å². The van der Waals surface area contributed by atoms with Gasteiger partial charge in [0.15, 0.2) is 0 Å². The SMILES string of the molecule is COc1cccc2c(S[C@@H](C)C(=O)O)cc(C)nc12. The highest BCUT2D eigenvalue weighted by Gasteiger charge is 2.16. The molecule has 19 heavy (non-hydrogen) atoms. The summed E-state index contributed by atoms with van der Waals surface area (Å²) in [5.74, 6) is -0.124. The molecule has 0 aliphatic carbocycles. The van der Waals surface area contributed by atoms with Crippen LogP contribution in [-0.2, 0) is 4.79 Å². The molecule has 0 spiro atoms. The summed E-state index contributed by atoms with van der Waals surface area (Å²) in [4.78, 5) is 16.4. The number of fused-ring (bicyclic) bond motifs is 1. The number of pyridine rings is 1. The smallest absolute Gasteiger partial charge is 0.316 e. The molecule has 1 aromatic heterocycles. The molecule has 5 heteroatoms. The number of benzene rings is 1. The van der Waals surface area contributed by atoms with Crippen LogP contribution in [0.5, 0.6) is 5.75 Å². The van der Waals surface area contributed by atoms with Gasteiger partial charge in [-0.15, -0.1) is 11.8 Å². The number of methoxy groups -OCH3 is 1. The third-order valence-electron chi connectivity index (χ3n) is 2.76. The van der Waals surface area contributed by atoms with Gasteiger partial charge in [-0.2, -0.15) is 0 Å². The molecule has 4 nitrogen and oxygen atoms in total. The molecule has 1 atom stereocenters. The zero-order valence-electron chi connectivity index (χ0n) is 11.0. The number of para-hydroxylation sites is 1. The first-order valence-corrected chi connectivity index (χ1v) is 6.74. The molecule has 1 aromatic carbocycles. The summed E-state index contributed by atoms with van der Waals surface area (Å²) in [5, 5.41) is 9.44. The molecule has 0 aliphatic rings. The second-order valence-electron chi connectivity index (χ2n) is 4.22. The van der Waals surface area contributed by atoms with Crippen LogP contribution >= 0.6 is 11.8 Å². The highest BCUT2D eigenvalue weighted by Crippen LogP contribution is 2.34. The zero-order chi connectivity index (χ0) is 14.0. The van der Waals surface area contributed by atoms with Crippen LogP contribution in [0, 0.1) is 6.92 Å². The van der Waals surface area contributed by atoms with Crippen molar-refractivity contribution in [2.45, 2.75) is 24.0 Å². The van der Waals surface area contributed by atoms with Crippen LogP contribution in [-0.4, -0.2) is 28.4 Å². The average molecular weight is 277 g/mol.